The van der Waals surface area contributed by atoms with Gasteiger partial charge in [-0.05, 0) is 48.5 Å². The number of ketones is 1. The van der Waals surface area contributed by atoms with Gasteiger partial charge in [0.2, 0.25) is 11.7 Å². The Balaban J connectivity index is 1.39. The molecule has 30 heavy (non-hydrogen) atoms. The highest BCUT2D eigenvalue weighted by Gasteiger charge is 2.15. The maximum Gasteiger partial charge on any atom is 0.246 e. The molecule has 5 rings (SSSR count). The summed E-state index contributed by atoms with van der Waals surface area (Å²) >= 11 is 0. The van der Waals surface area contributed by atoms with Gasteiger partial charge in [0.05, 0.1) is 11.0 Å². The monoisotopic (exact) mass is 393 g/mol. The van der Waals surface area contributed by atoms with Crippen molar-refractivity contribution in [2.24, 2.45) is 0 Å². The zero-order valence-corrected chi connectivity index (χ0v) is 15.7. The number of carbonyl (C=O) groups excluding carboxylic acids is 1. The fraction of sp³-hybridized carbons (Fsp3) is 0. The summed E-state index contributed by atoms with van der Waals surface area (Å²) in [5, 5.41) is 0. The molecular formula is C23H15N5O2. The number of para-hydroxylation sites is 2. The second-order valence-electron chi connectivity index (χ2n) is 6.51. The summed E-state index contributed by atoms with van der Waals surface area (Å²) < 4.78 is 5.92. The van der Waals surface area contributed by atoms with Gasteiger partial charge in [-0.1, -0.05) is 12.1 Å². The first-order valence-corrected chi connectivity index (χ1v) is 9.27. The van der Waals surface area contributed by atoms with E-state index in [1.165, 1.54) is 0 Å². The van der Waals surface area contributed by atoms with E-state index in [0.29, 0.717) is 28.7 Å². The molecule has 0 unspecified atom stereocenters. The van der Waals surface area contributed by atoms with Gasteiger partial charge in [-0.2, -0.15) is 0 Å². The number of imidazole rings is 1. The van der Waals surface area contributed by atoms with Crippen LogP contribution in [0, 0.1) is 0 Å². The van der Waals surface area contributed by atoms with Crippen LogP contribution >= 0.6 is 0 Å². The maximum absolute atomic E-state index is 12.8. The van der Waals surface area contributed by atoms with Crippen LogP contribution in [0.15, 0.2) is 85.5 Å². The molecule has 0 bridgehead atoms. The van der Waals surface area contributed by atoms with E-state index in [-0.39, 0.29) is 5.78 Å². The molecule has 0 aliphatic rings. The summed E-state index contributed by atoms with van der Waals surface area (Å²) in [6.45, 7) is 0. The van der Waals surface area contributed by atoms with Crippen LogP contribution in [-0.2, 0) is 0 Å². The predicted octanol–water partition coefficient (Wildman–Crippen LogP) is 4.44. The predicted molar refractivity (Wildman–Crippen MR) is 111 cm³/mol. The second kappa shape index (κ2) is 7.56. The zero-order valence-electron chi connectivity index (χ0n) is 15.7. The number of rotatable bonds is 5. The molecule has 0 spiro atoms. The lowest BCUT2D eigenvalue weighted by Crippen LogP contribution is -2.03. The number of aromatic amines is 1. The highest BCUT2D eigenvalue weighted by Crippen LogP contribution is 2.29. The van der Waals surface area contributed by atoms with Gasteiger partial charge >= 0.3 is 0 Å². The number of fused-ring (bicyclic) bond motifs is 1. The Morgan fingerprint density at radius 2 is 1.70 bits per heavy atom. The molecule has 0 radical (unpaired) electrons. The minimum absolute atomic E-state index is 0.187. The van der Waals surface area contributed by atoms with Crippen molar-refractivity contribution < 1.29 is 9.53 Å². The van der Waals surface area contributed by atoms with E-state index in [1.54, 1.807) is 49.1 Å². The molecule has 7 nitrogen and oxygen atoms in total. The fourth-order valence-corrected chi connectivity index (χ4v) is 3.08. The smallest absolute Gasteiger partial charge is 0.246 e. The lowest BCUT2D eigenvalue weighted by Gasteiger charge is -2.09. The SMILES string of the molecule is O=C(c1ccc(Oc2nccnc2-c2cccnc2)cc1)c1nc2ccccc2[nH]1. The second-order valence-corrected chi connectivity index (χ2v) is 6.51. The number of hydrogen-bond donors (Lipinski definition) is 1. The fourth-order valence-electron chi connectivity index (χ4n) is 3.08. The maximum atomic E-state index is 12.8. The molecule has 0 saturated heterocycles. The average Bonchev–Trinajstić information content (AvgIpc) is 3.24. The molecule has 0 amide bonds. The van der Waals surface area contributed by atoms with Gasteiger partial charge in [-0.15, -0.1) is 0 Å². The highest BCUT2D eigenvalue weighted by atomic mass is 16.5. The van der Waals surface area contributed by atoms with E-state index in [1.807, 2.05) is 36.4 Å². The molecule has 7 heteroatoms. The first kappa shape index (κ1) is 17.7. The molecule has 2 aromatic carbocycles. The molecule has 0 atom stereocenters. The molecule has 0 aliphatic heterocycles. The zero-order chi connectivity index (χ0) is 20.3. The van der Waals surface area contributed by atoms with Crippen LogP contribution in [0.2, 0.25) is 0 Å². The molecule has 0 aliphatic carbocycles. The van der Waals surface area contributed by atoms with Crippen molar-refractivity contribution in [1.82, 2.24) is 24.9 Å². The number of ether oxygens (including phenoxy) is 1. The Labute approximate surface area is 171 Å². The van der Waals surface area contributed by atoms with Crippen LogP contribution < -0.4 is 4.74 Å². The van der Waals surface area contributed by atoms with Crippen molar-refractivity contribution in [3.8, 4) is 22.9 Å². The summed E-state index contributed by atoms with van der Waals surface area (Å²) in [6.07, 6.45) is 6.56. The van der Waals surface area contributed by atoms with Crippen LogP contribution in [0.3, 0.4) is 0 Å². The van der Waals surface area contributed by atoms with Crippen LogP contribution in [0.5, 0.6) is 11.6 Å². The number of hydrogen-bond acceptors (Lipinski definition) is 6. The molecule has 3 heterocycles. The topological polar surface area (TPSA) is 93.7 Å². The van der Waals surface area contributed by atoms with Crippen molar-refractivity contribution >= 4 is 16.8 Å². The van der Waals surface area contributed by atoms with E-state index in [9.17, 15) is 4.79 Å². The Bertz CT molecular complexity index is 1300. The first-order chi connectivity index (χ1) is 14.8. The molecule has 144 valence electrons. The number of H-pyrrole nitrogens is 1. The standard InChI is InChI=1S/C23H15N5O2/c29-21(22-27-18-5-1-2-6-19(18)28-22)15-7-9-17(10-8-15)30-23-20(25-12-13-26-23)16-4-3-11-24-14-16/h1-14H,(H,27,28). The van der Waals surface area contributed by atoms with E-state index in [4.69, 9.17) is 4.74 Å². The molecule has 0 fully saturated rings. The number of benzene rings is 2. The number of aromatic nitrogens is 5. The summed E-state index contributed by atoms with van der Waals surface area (Å²) in [5.74, 6) is 1.02. The number of nitrogens with zero attached hydrogens (tertiary/aromatic N) is 4. The minimum Gasteiger partial charge on any atom is -0.437 e. The van der Waals surface area contributed by atoms with Crippen molar-refractivity contribution in [1.29, 1.82) is 0 Å². The summed E-state index contributed by atoms with van der Waals surface area (Å²) in [6, 6.07) is 18.1. The van der Waals surface area contributed by atoms with Crippen molar-refractivity contribution in [2.75, 3.05) is 0 Å². The Morgan fingerprint density at radius 1 is 0.867 bits per heavy atom. The highest BCUT2D eigenvalue weighted by molar-refractivity contribution is 6.08. The minimum atomic E-state index is -0.187. The van der Waals surface area contributed by atoms with E-state index >= 15 is 0 Å². The van der Waals surface area contributed by atoms with E-state index < -0.39 is 0 Å². The third-order valence-corrected chi connectivity index (χ3v) is 4.54. The van der Waals surface area contributed by atoms with Crippen LogP contribution in [0.4, 0.5) is 0 Å². The lowest BCUT2D eigenvalue weighted by atomic mass is 10.1. The van der Waals surface area contributed by atoms with Gasteiger partial charge in [0.1, 0.15) is 11.4 Å². The van der Waals surface area contributed by atoms with Crippen molar-refractivity contribution in [3.05, 3.63) is 96.8 Å². The normalized spacial score (nSPS) is 10.8. The van der Waals surface area contributed by atoms with Crippen molar-refractivity contribution in [2.45, 2.75) is 0 Å². The first-order valence-electron chi connectivity index (χ1n) is 9.27. The van der Waals surface area contributed by atoms with Crippen LogP contribution in [-0.4, -0.2) is 30.7 Å². The largest absolute Gasteiger partial charge is 0.437 e. The average molecular weight is 393 g/mol. The van der Waals surface area contributed by atoms with E-state index in [0.717, 1.165) is 16.6 Å². The summed E-state index contributed by atoms with van der Waals surface area (Å²) in [7, 11) is 0. The molecular weight excluding hydrogens is 378 g/mol. The van der Waals surface area contributed by atoms with Gasteiger partial charge in [0, 0.05) is 35.9 Å². The van der Waals surface area contributed by atoms with Gasteiger partial charge in [-0.25, -0.2) is 15.0 Å². The molecule has 5 aromatic rings. The lowest BCUT2D eigenvalue weighted by molar-refractivity contribution is 0.103. The molecule has 1 N–H and O–H groups in total. The molecule has 3 aromatic heterocycles. The Hall–Kier alpha value is -4.39. The van der Waals surface area contributed by atoms with Gasteiger partial charge < -0.3 is 9.72 Å². The van der Waals surface area contributed by atoms with Gasteiger partial charge in [0.25, 0.3) is 0 Å². The van der Waals surface area contributed by atoms with Gasteiger partial charge in [-0.3, -0.25) is 9.78 Å². The third kappa shape index (κ3) is 3.40. The Kier molecular flexibility index (Phi) is 4.46. The quantitative estimate of drug-likeness (QED) is 0.444. The number of nitrogens with one attached hydrogen (secondary N) is 1. The van der Waals surface area contributed by atoms with Crippen LogP contribution in [0.25, 0.3) is 22.3 Å². The summed E-state index contributed by atoms with van der Waals surface area (Å²) in [5.41, 5.74) is 3.48. The van der Waals surface area contributed by atoms with Crippen LogP contribution in [0.1, 0.15) is 16.2 Å². The number of carbonyl (C=O) groups is 1. The summed E-state index contributed by atoms with van der Waals surface area (Å²) in [4.78, 5) is 32.9. The third-order valence-electron chi connectivity index (χ3n) is 4.54. The van der Waals surface area contributed by atoms with Crippen molar-refractivity contribution in [3.63, 3.8) is 0 Å². The molecule has 0 saturated carbocycles. The van der Waals surface area contributed by atoms with Gasteiger partial charge in [0.15, 0.2) is 5.82 Å². The number of pyridine rings is 1. The Morgan fingerprint density at radius 3 is 2.50 bits per heavy atom. The van der Waals surface area contributed by atoms with E-state index in [2.05, 4.69) is 24.9 Å².